The quantitative estimate of drug-likeness (QED) is 0.301. The van der Waals surface area contributed by atoms with Crippen molar-refractivity contribution in [3.63, 3.8) is 0 Å². The first-order chi connectivity index (χ1) is 21.9. The summed E-state index contributed by atoms with van der Waals surface area (Å²) in [6, 6.07) is 34.8. The molecule has 0 radical (unpaired) electrons. The Morgan fingerprint density at radius 3 is 2.04 bits per heavy atom. The Labute approximate surface area is 261 Å². The average Bonchev–Trinajstić information content (AvgIpc) is 3.08. The summed E-state index contributed by atoms with van der Waals surface area (Å²) in [5.41, 5.74) is 4.52. The smallest absolute Gasteiger partial charge is 0.274 e. The maximum Gasteiger partial charge on any atom is 0.274 e. The molecule has 1 aromatic heterocycles. The second-order valence-corrected chi connectivity index (χ2v) is 11.2. The van der Waals surface area contributed by atoms with Crippen molar-refractivity contribution in [1.82, 2.24) is 14.5 Å². The minimum atomic E-state index is -0.361. The molecule has 1 fully saturated rings. The van der Waals surface area contributed by atoms with Gasteiger partial charge >= 0.3 is 0 Å². The van der Waals surface area contributed by atoms with Gasteiger partial charge in [-0.1, -0.05) is 72.8 Å². The third kappa shape index (κ3) is 7.20. The fourth-order valence-electron chi connectivity index (χ4n) is 5.50. The number of aromatic nitrogens is 2. The molecule has 0 unspecified atom stereocenters. The fourth-order valence-corrected chi connectivity index (χ4v) is 5.50. The maximum absolute atomic E-state index is 13.0. The monoisotopic (exact) mass is 597 g/mol. The number of para-hydroxylation sites is 1. The normalized spacial score (nSPS) is 14.5. The van der Waals surface area contributed by atoms with Crippen LogP contribution in [0, 0.1) is 0 Å². The van der Waals surface area contributed by atoms with E-state index in [0.717, 1.165) is 44.0 Å². The molecule has 1 saturated heterocycles. The predicted octanol–water partition coefficient (Wildman–Crippen LogP) is 3.31. The van der Waals surface area contributed by atoms with Gasteiger partial charge in [-0.2, -0.15) is 0 Å². The number of hydrogen-bond acceptors (Lipinski definition) is 5. The second kappa shape index (κ2) is 13.4. The lowest BCUT2D eigenvalue weighted by atomic mass is 10.1. The van der Waals surface area contributed by atoms with E-state index in [1.165, 1.54) is 15.8 Å². The highest BCUT2D eigenvalue weighted by molar-refractivity contribution is 6.04. The van der Waals surface area contributed by atoms with E-state index in [-0.39, 0.29) is 27.7 Å². The van der Waals surface area contributed by atoms with E-state index in [2.05, 4.69) is 56.5 Å². The van der Waals surface area contributed by atoms with Crippen molar-refractivity contribution < 1.29 is 4.79 Å². The van der Waals surface area contributed by atoms with Crippen LogP contribution in [-0.2, 0) is 13.6 Å². The number of H-pyrrole nitrogens is 1. The molecule has 226 valence electrons. The lowest BCUT2D eigenvalue weighted by molar-refractivity contribution is 0.102. The van der Waals surface area contributed by atoms with Crippen molar-refractivity contribution in [3.05, 3.63) is 163 Å². The Morgan fingerprint density at radius 2 is 1.38 bits per heavy atom. The zero-order chi connectivity index (χ0) is 31.2. The molecule has 5 aromatic rings. The number of benzene rings is 4. The van der Waals surface area contributed by atoms with E-state index in [1.807, 2.05) is 48.5 Å². The van der Waals surface area contributed by atoms with E-state index in [0.29, 0.717) is 11.1 Å². The SMILES string of the molecule is Cn1c(=O)c(=Cc2ccc(C(=O)Nc3ccc(CN4CCN(c5ccccc5)CC4)cc3)cc2)[nH]c(=O)c1=Cc1ccccc1. The van der Waals surface area contributed by atoms with Gasteiger partial charge in [-0.25, -0.2) is 0 Å². The van der Waals surface area contributed by atoms with Crippen molar-refractivity contribution in [2.75, 3.05) is 36.4 Å². The summed E-state index contributed by atoms with van der Waals surface area (Å²) in [5, 5.41) is 3.40. The Hall–Kier alpha value is -5.47. The van der Waals surface area contributed by atoms with Crippen LogP contribution in [0.2, 0.25) is 0 Å². The summed E-state index contributed by atoms with van der Waals surface area (Å²) in [6.45, 7) is 4.89. The highest BCUT2D eigenvalue weighted by Crippen LogP contribution is 2.18. The van der Waals surface area contributed by atoms with Crippen LogP contribution in [0.5, 0.6) is 0 Å². The highest BCUT2D eigenvalue weighted by Gasteiger charge is 2.17. The molecule has 0 spiro atoms. The van der Waals surface area contributed by atoms with Gasteiger partial charge < -0.3 is 19.8 Å². The number of nitrogens with zero attached hydrogens (tertiary/aromatic N) is 3. The molecule has 45 heavy (non-hydrogen) atoms. The van der Waals surface area contributed by atoms with Crippen molar-refractivity contribution in [3.8, 4) is 0 Å². The molecule has 8 nitrogen and oxygen atoms in total. The number of rotatable bonds is 7. The topological polar surface area (TPSA) is 90.4 Å². The van der Waals surface area contributed by atoms with Gasteiger partial charge in [-0.15, -0.1) is 0 Å². The highest BCUT2D eigenvalue weighted by atomic mass is 16.2. The van der Waals surface area contributed by atoms with Crippen molar-refractivity contribution >= 4 is 29.4 Å². The van der Waals surface area contributed by atoms with E-state index in [9.17, 15) is 14.4 Å². The molecular weight excluding hydrogens is 562 g/mol. The van der Waals surface area contributed by atoms with Crippen LogP contribution in [0.1, 0.15) is 27.0 Å². The first-order valence-corrected chi connectivity index (χ1v) is 15.0. The van der Waals surface area contributed by atoms with Crippen LogP contribution in [0.15, 0.2) is 119 Å². The first-order valence-electron chi connectivity index (χ1n) is 15.0. The minimum absolute atomic E-state index is 0.170. The third-order valence-corrected chi connectivity index (χ3v) is 8.08. The lowest BCUT2D eigenvalue weighted by Gasteiger charge is -2.36. The van der Waals surface area contributed by atoms with Gasteiger partial charge in [0.2, 0.25) is 0 Å². The van der Waals surface area contributed by atoms with Crippen LogP contribution >= 0.6 is 0 Å². The van der Waals surface area contributed by atoms with Gasteiger partial charge in [-0.05, 0) is 65.2 Å². The standard InChI is InChI=1S/C37H35N5O3/c1-40-34(25-27-8-4-2-5-9-27)36(44)39-33(37(40)45)24-28-12-16-30(17-13-28)35(43)38-31-18-14-29(15-19-31)26-41-20-22-42(23-21-41)32-10-6-3-7-11-32/h2-19,24-25H,20-23,26H2,1H3,(H,38,43)(H,39,44). The van der Waals surface area contributed by atoms with E-state index >= 15 is 0 Å². The number of carbonyl (C=O) groups excluding carboxylic acids is 1. The summed E-state index contributed by atoms with van der Waals surface area (Å²) in [5.74, 6) is -0.226. The molecule has 1 aliphatic rings. The molecule has 8 heteroatoms. The van der Waals surface area contributed by atoms with Crippen LogP contribution in [0.4, 0.5) is 11.4 Å². The Bertz CT molecular complexity index is 2010. The molecule has 6 rings (SSSR count). The molecule has 0 saturated carbocycles. The van der Waals surface area contributed by atoms with Gasteiger partial charge in [0.15, 0.2) is 0 Å². The lowest BCUT2D eigenvalue weighted by Crippen LogP contribution is -2.52. The van der Waals surface area contributed by atoms with Crippen molar-refractivity contribution in [2.24, 2.45) is 7.05 Å². The predicted molar refractivity (Wildman–Crippen MR) is 180 cm³/mol. The third-order valence-electron chi connectivity index (χ3n) is 8.08. The number of aromatic amines is 1. The number of hydrogen-bond donors (Lipinski definition) is 2. The zero-order valence-corrected chi connectivity index (χ0v) is 25.1. The molecule has 1 amide bonds. The number of amides is 1. The van der Waals surface area contributed by atoms with Crippen LogP contribution in [0.3, 0.4) is 0 Å². The van der Waals surface area contributed by atoms with Gasteiger partial charge in [0.1, 0.15) is 10.7 Å². The second-order valence-electron chi connectivity index (χ2n) is 11.2. The van der Waals surface area contributed by atoms with Crippen LogP contribution in [0.25, 0.3) is 12.2 Å². The van der Waals surface area contributed by atoms with Gasteiger partial charge in [0, 0.05) is 56.7 Å². The Morgan fingerprint density at radius 1 is 0.756 bits per heavy atom. The van der Waals surface area contributed by atoms with Crippen LogP contribution in [-0.4, -0.2) is 46.5 Å². The van der Waals surface area contributed by atoms with Crippen LogP contribution < -0.4 is 32.0 Å². The molecule has 2 N–H and O–H groups in total. The summed E-state index contributed by atoms with van der Waals surface area (Å²) < 4.78 is 1.34. The summed E-state index contributed by atoms with van der Waals surface area (Å²) in [4.78, 5) is 46.3. The van der Waals surface area contributed by atoms with Crippen molar-refractivity contribution in [2.45, 2.75) is 6.54 Å². The number of anilines is 2. The van der Waals surface area contributed by atoms with E-state index < -0.39 is 0 Å². The molecule has 0 aliphatic carbocycles. The number of nitrogens with one attached hydrogen (secondary N) is 2. The molecule has 2 heterocycles. The molecule has 4 aromatic carbocycles. The Kier molecular flexibility index (Phi) is 8.84. The zero-order valence-electron chi connectivity index (χ0n) is 25.1. The minimum Gasteiger partial charge on any atom is -0.369 e. The van der Waals surface area contributed by atoms with Gasteiger partial charge in [-0.3, -0.25) is 19.3 Å². The molecule has 1 aliphatic heterocycles. The number of carbonyl (C=O) groups is 1. The summed E-state index contributed by atoms with van der Waals surface area (Å²) >= 11 is 0. The summed E-state index contributed by atoms with van der Waals surface area (Å²) in [6.07, 6.45) is 3.29. The maximum atomic E-state index is 13.0. The van der Waals surface area contributed by atoms with Gasteiger partial charge in [0.25, 0.3) is 17.0 Å². The first kappa shape index (κ1) is 29.6. The Balaban J connectivity index is 1.07. The molecular formula is C37H35N5O3. The van der Waals surface area contributed by atoms with E-state index in [1.54, 1.807) is 43.5 Å². The molecule has 0 bridgehead atoms. The average molecular weight is 598 g/mol. The summed E-state index contributed by atoms with van der Waals surface area (Å²) in [7, 11) is 1.58. The van der Waals surface area contributed by atoms with Gasteiger partial charge in [0.05, 0.1) is 0 Å². The molecule has 0 atom stereocenters. The van der Waals surface area contributed by atoms with Crippen molar-refractivity contribution in [1.29, 1.82) is 0 Å². The largest absolute Gasteiger partial charge is 0.369 e. The van der Waals surface area contributed by atoms with E-state index in [4.69, 9.17) is 0 Å². The fraction of sp³-hybridized carbons (Fsp3) is 0.162. The number of piperazine rings is 1.